The normalized spacial score (nSPS) is 16.0. The summed E-state index contributed by atoms with van der Waals surface area (Å²) in [6.45, 7) is 2.71. The van der Waals surface area contributed by atoms with Crippen molar-refractivity contribution in [3.05, 3.63) is 62.0 Å². The lowest BCUT2D eigenvalue weighted by Crippen LogP contribution is -2.36. The molecule has 0 saturated heterocycles. The fourth-order valence-electron chi connectivity index (χ4n) is 3.58. The van der Waals surface area contributed by atoms with Gasteiger partial charge in [-0.1, -0.05) is 0 Å². The number of amides is 1. The Morgan fingerprint density at radius 1 is 1.40 bits per heavy atom. The van der Waals surface area contributed by atoms with E-state index >= 15 is 0 Å². The van der Waals surface area contributed by atoms with Crippen LogP contribution in [-0.4, -0.2) is 38.4 Å². The van der Waals surface area contributed by atoms with Gasteiger partial charge in [-0.3, -0.25) is 9.36 Å². The minimum Gasteiger partial charge on any atom is -0.497 e. The van der Waals surface area contributed by atoms with Gasteiger partial charge in [-0.15, -0.1) is 11.3 Å². The Morgan fingerprint density at radius 3 is 2.97 bits per heavy atom. The van der Waals surface area contributed by atoms with Crippen molar-refractivity contribution in [1.82, 2.24) is 24.6 Å². The summed E-state index contributed by atoms with van der Waals surface area (Å²) >= 11 is 1.54. The summed E-state index contributed by atoms with van der Waals surface area (Å²) in [4.78, 5) is 29.7. The lowest BCUT2D eigenvalue weighted by molar-refractivity contribution is 0.0928. The number of aromatic nitrogens is 4. The van der Waals surface area contributed by atoms with Gasteiger partial charge in [0, 0.05) is 24.4 Å². The standard InChI is InChI=1S/C20H22FN5O3S/c1-12-22-14(11-30-12)10-26-20(28)25-8-7-13(3-6-18(25)24-26)23-19(27)16-9-15(29-2)4-5-17(16)21/h4-5,9,11,13H,3,6-8,10H2,1-2H3,(H,23,27). The molecule has 1 amide bonds. The first-order chi connectivity index (χ1) is 14.4. The minimum atomic E-state index is -0.602. The molecule has 0 fully saturated rings. The second-order valence-corrected chi connectivity index (χ2v) is 8.27. The molecule has 158 valence electrons. The second-order valence-electron chi connectivity index (χ2n) is 7.21. The van der Waals surface area contributed by atoms with Crippen LogP contribution in [0.25, 0.3) is 0 Å². The number of nitrogens with zero attached hydrogens (tertiary/aromatic N) is 4. The summed E-state index contributed by atoms with van der Waals surface area (Å²) in [6.07, 6.45) is 1.72. The van der Waals surface area contributed by atoms with Crippen molar-refractivity contribution in [2.75, 3.05) is 7.11 Å². The summed E-state index contributed by atoms with van der Waals surface area (Å²) in [5.41, 5.74) is 0.581. The van der Waals surface area contributed by atoms with Crippen LogP contribution >= 0.6 is 11.3 Å². The molecule has 3 aromatic rings. The number of fused-ring (bicyclic) bond motifs is 1. The number of nitrogens with one attached hydrogen (secondary N) is 1. The monoisotopic (exact) mass is 431 g/mol. The fourth-order valence-corrected chi connectivity index (χ4v) is 4.18. The maximum atomic E-state index is 14.1. The number of hydrogen-bond acceptors (Lipinski definition) is 6. The van der Waals surface area contributed by atoms with Crippen molar-refractivity contribution >= 4 is 17.2 Å². The zero-order chi connectivity index (χ0) is 21.3. The highest BCUT2D eigenvalue weighted by atomic mass is 32.1. The first kappa shape index (κ1) is 20.3. The van der Waals surface area contributed by atoms with Gasteiger partial charge < -0.3 is 10.1 Å². The van der Waals surface area contributed by atoms with E-state index in [2.05, 4.69) is 15.4 Å². The van der Waals surface area contributed by atoms with Gasteiger partial charge in [0.25, 0.3) is 5.91 Å². The number of thiazole rings is 1. The van der Waals surface area contributed by atoms with Crippen molar-refractivity contribution in [2.24, 2.45) is 0 Å². The van der Waals surface area contributed by atoms with Gasteiger partial charge in [0.05, 0.1) is 29.9 Å². The van der Waals surface area contributed by atoms with Crippen molar-refractivity contribution in [3.8, 4) is 5.75 Å². The minimum absolute atomic E-state index is 0.0581. The number of halogens is 1. The molecule has 0 spiro atoms. The van der Waals surface area contributed by atoms with Gasteiger partial charge in [0.2, 0.25) is 0 Å². The Kier molecular flexibility index (Phi) is 5.67. The molecule has 8 nitrogen and oxygen atoms in total. The number of rotatable bonds is 5. The third kappa shape index (κ3) is 4.13. The average Bonchev–Trinajstić information content (AvgIpc) is 3.20. The van der Waals surface area contributed by atoms with Gasteiger partial charge in [0.1, 0.15) is 17.4 Å². The first-order valence-electron chi connectivity index (χ1n) is 9.66. The van der Waals surface area contributed by atoms with Crippen LogP contribution in [0.15, 0.2) is 28.4 Å². The van der Waals surface area contributed by atoms with Gasteiger partial charge in [0.15, 0.2) is 0 Å². The molecule has 2 aromatic heterocycles. The Labute approximate surface area is 176 Å². The van der Waals surface area contributed by atoms with Crippen LogP contribution in [0.4, 0.5) is 4.39 Å². The van der Waals surface area contributed by atoms with Crippen LogP contribution in [0.3, 0.4) is 0 Å². The average molecular weight is 431 g/mol. The predicted molar refractivity (Wildman–Crippen MR) is 110 cm³/mol. The quantitative estimate of drug-likeness (QED) is 0.668. The van der Waals surface area contributed by atoms with E-state index in [1.807, 2.05) is 12.3 Å². The molecule has 0 saturated carbocycles. The summed E-state index contributed by atoms with van der Waals surface area (Å²) in [6, 6.07) is 3.88. The maximum Gasteiger partial charge on any atom is 0.346 e. The smallest absolute Gasteiger partial charge is 0.346 e. The molecule has 0 radical (unpaired) electrons. The zero-order valence-electron chi connectivity index (χ0n) is 16.7. The number of benzene rings is 1. The molecular formula is C20H22FN5O3S. The van der Waals surface area contributed by atoms with Gasteiger partial charge >= 0.3 is 5.69 Å². The lowest BCUT2D eigenvalue weighted by atomic mass is 10.1. The predicted octanol–water partition coefficient (Wildman–Crippen LogP) is 2.14. The van der Waals surface area contributed by atoms with Crippen LogP contribution in [0, 0.1) is 12.7 Å². The summed E-state index contributed by atoms with van der Waals surface area (Å²) < 4.78 is 22.2. The molecule has 1 N–H and O–H groups in total. The Balaban J connectivity index is 1.44. The van der Waals surface area contributed by atoms with E-state index in [1.165, 1.54) is 41.3 Å². The second kappa shape index (κ2) is 8.39. The third-order valence-electron chi connectivity index (χ3n) is 5.15. The van der Waals surface area contributed by atoms with E-state index in [0.29, 0.717) is 43.9 Å². The highest BCUT2D eigenvalue weighted by Gasteiger charge is 2.23. The highest BCUT2D eigenvalue weighted by Crippen LogP contribution is 2.18. The lowest BCUT2D eigenvalue weighted by Gasteiger charge is -2.16. The highest BCUT2D eigenvalue weighted by molar-refractivity contribution is 7.09. The third-order valence-corrected chi connectivity index (χ3v) is 5.97. The van der Waals surface area contributed by atoms with Gasteiger partial charge in [-0.2, -0.15) is 5.10 Å². The molecule has 10 heteroatoms. The van der Waals surface area contributed by atoms with Crippen LogP contribution in [-0.2, 0) is 19.5 Å². The largest absolute Gasteiger partial charge is 0.497 e. The molecule has 30 heavy (non-hydrogen) atoms. The van der Waals surface area contributed by atoms with Crippen LogP contribution in [0.2, 0.25) is 0 Å². The number of carbonyl (C=O) groups is 1. The van der Waals surface area contributed by atoms with Crippen molar-refractivity contribution in [1.29, 1.82) is 0 Å². The summed E-state index contributed by atoms with van der Waals surface area (Å²) in [5.74, 6) is 0.0111. The maximum absolute atomic E-state index is 14.1. The Morgan fingerprint density at radius 2 is 2.23 bits per heavy atom. The molecular weight excluding hydrogens is 409 g/mol. The summed E-state index contributed by atoms with van der Waals surface area (Å²) in [7, 11) is 1.46. The van der Waals surface area contributed by atoms with Gasteiger partial charge in [-0.25, -0.2) is 18.9 Å². The van der Waals surface area contributed by atoms with E-state index < -0.39 is 11.7 Å². The van der Waals surface area contributed by atoms with Gasteiger partial charge in [-0.05, 0) is 38.0 Å². The molecule has 1 unspecified atom stereocenters. The van der Waals surface area contributed by atoms with Crippen LogP contribution in [0.5, 0.6) is 5.75 Å². The molecule has 1 atom stereocenters. The number of aryl methyl sites for hydroxylation is 2. The zero-order valence-corrected chi connectivity index (χ0v) is 17.5. The number of carbonyl (C=O) groups excluding carboxylic acids is 1. The van der Waals surface area contributed by atoms with E-state index in [4.69, 9.17) is 4.74 Å². The van der Waals surface area contributed by atoms with Crippen molar-refractivity contribution < 1.29 is 13.9 Å². The van der Waals surface area contributed by atoms with E-state index in [9.17, 15) is 14.0 Å². The number of methoxy groups -OCH3 is 1. The molecule has 1 aliphatic rings. The van der Waals surface area contributed by atoms with Crippen molar-refractivity contribution in [3.63, 3.8) is 0 Å². The van der Waals surface area contributed by atoms with E-state index in [0.717, 1.165) is 10.7 Å². The van der Waals surface area contributed by atoms with Crippen molar-refractivity contribution in [2.45, 2.75) is 45.3 Å². The molecule has 4 rings (SSSR count). The SMILES string of the molecule is COc1ccc(F)c(C(=O)NC2CCc3nn(Cc4csc(C)n4)c(=O)n3CC2)c1. The van der Waals surface area contributed by atoms with Crippen LogP contribution < -0.4 is 15.7 Å². The molecule has 1 aromatic carbocycles. The molecule has 0 bridgehead atoms. The molecule has 1 aliphatic heterocycles. The molecule has 3 heterocycles. The number of ether oxygens (including phenoxy) is 1. The van der Waals surface area contributed by atoms with E-state index in [1.54, 1.807) is 4.57 Å². The fraction of sp³-hybridized carbons (Fsp3) is 0.400. The Hall–Kier alpha value is -3.01. The summed E-state index contributed by atoms with van der Waals surface area (Å²) in [5, 5.41) is 10.2. The molecule has 0 aliphatic carbocycles. The Bertz CT molecular complexity index is 1140. The first-order valence-corrected chi connectivity index (χ1v) is 10.5. The van der Waals surface area contributed by atoms with E-state index in [-0.39, 0.29) is 17.3 Å². The topological polar surface area (TPSA) is 91.0 Å². The van der Waals surface area contributed by atoms with Crippen LogP contribution in [0.1, 0.15) is 39.7 Å². The number of hydrogen-bond donors (Lipinski definition) is 1.